The summed E-state index contributed by atoms with van der Waals surface area (Å²) in [6.45, 7) is 6.41. The van der Waals surface area contributed by atoms with Crippen molar-refractivity contribution in [1.29, 1.82) is 0 Å². The fourth-order valence-electron chi connectivity index (χ4n) is 3.59. The second-order valence-corrected chi connectivity index (χ2v) is 7.37. The molecule has 1 fully saturated rings. The highest BCUT2D eigenvalue weighted by molar-refractivity contribution is 6.40. The molecule has 0 bridgehead atoms. The van der Waals surface area contributed by atoms with E-state index < -0.39 is 0 Å². The zero-order valence-corrected chi connectivity index (χ0v) is 16.7. The lowest BCUT2D eigenvalue weighted by Gasteiger charge is -2.35. The topological polar surface area (TPSA) is 82.0 Å². The first-order valence-corrected chi connectivity index (χ1v) is 9.82. The Balaban J connectivity index is 1.48. The Morgan fingerprint density at radius 3 is 2.45 bits per heavy atom. The summed E-state index contributed by atoms with van der Waals surface area (Å²) >= 11 is 0. The third-order valence-electron chi connectivity index (χ3n) is 5.27. The molecule has 2 aliphatic rings. The Kier molecular flexibility index (Phi) is 5.24. The lowest BCUT2D eigenvalue weighted by Crippen LogP contribution is -2.52. The van der Waals surface area contributed by atoms with Crippen LogP contribution in [0.2, 0.25) is 0 Å². The van der Waals surface area contributed by atoms with Crippen molar-refractivity contribution in [3.8, 4) is 0 Å². The van der Waals surface area contributed by atoms with Crippen molar-refractivity contribution in [3.05, 3.63) is 47.8 Å². The highest BCUT2D eigenvalue weighted by Gasteiger charge is 2.31. The Bertz CT molecular complexity index is 951. The van der Waals surface area contributed by atoms with E-state index in [9.17, 15) is 9.59 Å². The van der Waals surface area contributed by atoms with Crippen LogP contribution >= 0.6 is 0 Å². The number of hydrogen-bond donors (Lipinski definition) is 0. The van der Waals surface area contributed by atoms with E-state index in [1.54, 1.807) is 23.4 Å². The van der Waals surface area contributed by atoms with Gasteiger partial charge in [-0.25, -0.2) is 15.0 Å². The first-order chi connectivity index (χ1) is 14.0. The van der Waals surface area contributed by atoms with Crippen LogP contribution in [0.15, 0.2) is 41.8 Å². The molecule has 2 amide bonds. The molecule has 3 heterocycles. The zero-order chi connectivity index (χ0) is 20.4. The van der Waals surface area contributed by atoms with Crippen LogP contribution in [0, 0.1) is 13.8 Å². The van der Waals surface area contributed by atoms with Crippen LogP contribution in [0.3, 0.4) is 0 Å². The lowest BCUT2D eigenvalue weighted by molar-refractivity contribution is -0.124. The SMILES string of the molecule is Cc1ccc(C)c(N2N=C(C(=O)N3CCN(c4ncccn4)CC3)CCC2=O)c1. The summed E-state index contributed by atoms with van der Waals surface area (Å²) < 4.78 is 0. The Hall–Kier alpha value is -3.29. The van der Waals surface area contributed by atoms with E-state index in [1.165, 1.54) is 5.01 Å². The number of piperazine rings is 1. The molecule has 1 saturated heterocycles. The number of hydrogen-bond acceptors (Lipinski definition) is 6. The Morgan fingerprint density at radius 2 is 1.72 bits per heavy atom. The van der Waals surface area contributed by atoms with Crippen LogP contribution in [-0.4, -0.2) is 58.6 Å². The molecule has 1 aromatic heterocycles. The minimum Gasteiger partial charge on any atom is -0.337 e. The molecule has 150 valence electrons. The number of aromatic nitrogens is 2. The van der Waals surface area contributed by atoms with Crippen molar-refractivity contribution in [2.75, 3.05) is 36.1 Å². The van der Waals surface area contributed by atoms with Crippen molar-refractivity contribution in [2.45, 2.75) is 26.7 Å². The number of anilines is 2. The molecular weight excluding hydrogens is 368 g/mol. The number of rotatable bonds is 3. The maximum Gasteiger partial charge on any atom is 0.270 e. The van der Waals surface area contributed by atoms with Crippen molar-refractivity contribution in [1.82, 2.24) is 14.9 Å². The minimum atomic E-state index is -0.0959. The van der Waals surface area contributed by atoms with E-state index in [-0.39, 0.29) is 18.2 Å². The summed E-state index contributed by atoms with van der Waals surface area (Å²) in [4.78, 5) is 37.9. The van der Waals surface area contributed by atoms with Gasteiger partial charge in [0.15, 0.2) is 0 Å². The van der Waals surface area contributed by atoms with Crippen molar-refractivity contribution >= 4 is 29.2 Å². The quantitative estimate of drug-likeness (QED) is 0.797. The average molecular weight is 392 g/mol. The van der Waals surface area contributed by atoms with Gasteiger partial charge >= 0.3 is 0 Å². The summed E-state index contributed by atoms with van der Waals surface area (Å²) in [5, 5.41) is 5.85. The van der Waals surface area contributed by atoms with Crippen molar-refractivity contribution in [2.24, 2.45) is 5.10 Å². The van der Waals surface area contributed by atoms with Crippen molar-refractivity contribution < 1.29 is 9.59 Å². The normalized spacial score (nSPS) is 17.4. The standard InChI is InChI=1S/C21H24N6O2/c1-15-4-5-16(2)18(14-15)27-19(28)7-6-17(24-27)20(29)25-10-12-26(13-11-25)21-22-8-3-9-23-21/h3-5,8-9,14H,6-7,10-13H2,1-2H3. The highest BCUT2D eigenvalue weighted by atomic mass is 16.2. The summed E-state index contributed by atoms with van der Waals surface area (Å²) in [6, 6.07) is 7.68. The number of carbonyl (C=O) groups excluding carboxylic acids is 2. The van der Waals surface area contributed by atoms with Gasteiger partial charge in [0.25, 0.3) is 5.91 Å². The van der Waals surface area contributed by atoms with Gasteiger partial charge in [-0.2, -0.15) is 5.10 Å². The molecular formula is C21H24N6O2. The molecule has 1 aromatic carbocycles. The summed E-state index contributed by atoms with van der Waals surface area (Å²) in [6.07, 6.45) is 4.10. The Labute approximate surface area is 169 Å². The van der Waals surface area contributed by atoms with E-state index in [1.807, 2.05) is 32.0 Å². The van der Waals surface area contributed by atoms with Gasteiger partial charge in [0.1, 0.15) is 5.71 Å². The van der Waals surface area contributed by atoms with Crippen LogP contribution in [0.5, 0.6) is 0 Å². The average Bonchev–Trinajstić information content (AvgIpc) is 2.76. The molecule has 0 unspecified atom stereocenters. The largest absolute Gasteiger partial charge is 0.337 e. The number of carbonyl (C=O) groups is 2. The minimum absolute atomic E-state index is 0.0821. The number of nitrogens with zero attached hydrogens (tertiary/aromatic N) is 6. The number of aryl methyl sites for hydroxylation is 2. The molecule has 4 rings (SSSR count). The van der Waals surface area contributed by atoms with Gasteiger partial charge in [0, 0.05) is 51.4 Å². The van der Waals surface area contributed by atoms with Crippen LogP contribution in [0.4, 0.5) is 11.6 Å². The highest BCUT2D eigenvalue weighted by Crippen LogP contribution is 2.26. The molecule has 0 atom stereocenters. The molecule has 8 nitrogen and oxygen atoms in total. The van der Waals surface area contributed by atoms with Gasteiger partial charge in [-0.1, -0.05) is 12.1 Å². The smallest absolute Gasteiger partial charge is 0.270 e. The number of benzene rings is 1. The van der Waals surface area contributed by atoms with Gasteiger partial charge in [-0.15, -0.1) is 0 Å². The predicted octanol–water partition coefficient (Wildman–Crippen LogP) is 1.93. The number of amides is 2. The molecule has 0 aliphatic carbocycles. The first kappa shape index (κ1) is 19.0. The molecule has 0 spiro atoms. The summed E-state index contributed by atoms with van der Waals surface area (Å²) in [5.41, 5.74) is 3.19. The fraction of sp³-hybridized carbons (Fsp3) is 0.381. The molecule has 29 heavy (non-hydrogen) atoms. The molecule has 8 heteroatoms. The van der Waals surface area contributed by atoms with E-state index in [0.29, 0.717) is 44.3 Å². The zero-order valence-electron chi connectivity index (χ0n) is 16.7. The number of hydrazone groups is 1. The van der Waals surface area contributed by atoms with Crippen LogP contribution in [0.1, 0.15) is 24.0 Å². The van der Waals surface area contributed by atoms with E-state index in [2.05, 4.69) is 20.0 Å². The van der Waals surface area contributed by atoms with Gasteiger partial charge in [0.2, 0.25) is 11.9 Å². The van der Waals surface area contributed by atoms with Gasteiger partial charge < -0.3 is 9.80 Å². The van der Waals surface area contributed by atoms with Gasteiger partial charge in [-0.05, 0) is 37.1 Å². The molecule has 0 N–H and O–H groups in total. The third-order valence-corrected chi connectivity index (χ3v) is 5.27. The molecule has 0 saturated carbocycles. The van der Waals surface area contributed by atoms with Crippen molar-refractivity contribution in [3.63, 3.8) is 0 Å². The van der Waals surface area contributed by atoms with E-state index in [0.717, 1.165) is 16.8 Å². The first-order valence-electron chi connectivity index (χ1n) is 9.82. The van der Waals surface area contributed by atoms with Crippen LogP contribution in [0.25, 0.3) is 0 Å². The van der Waals surface area contributed by atoms with E-state index in [4.69, 9.17) is 0 Å². The molecule has 2 aliphatic heterocycles. The summed E-state index contributed by atoms with van der Waals surface area (Å²) in [5.74, 6) is 0.504. The summed E-state index contributed by atoms with van der Waals surface area (Å²) in [7, 11) is 0. The maximum absolute atomic E-state index is 13.0. The Morgan fingerprint density at radius 1 is 1.00 bits per heavy atom. The molecule has 2 aromatic rings. The fourth-order valence-corrected chi connectivity index (χ4v) is 3.59. The maximum atomic E-state index is 13.0. The molecule has 0 radical (unpaired) electrons. The van der Waals surface area contributed by atoms with Gasteiger partial charge in [-0.3, -0.25) is 9.59 Å². The third kappa shape index (κ3) is 3.96. The van der Waals surface area contributed by atoms with Crippen LogP contribution in [-0.2, 0) is 9.59 Å². The second kappa shape index (κ2) is 7.98. The lowest BCUT2D eigenvalue weighted by atomic mass is 10.1. The predicted molar refractivity (Wildman–Crippen MR) is 111 cm³/mol. The van der Waals surface area contributed by atoms with Gasteiger partial charge in [0.05, 0.1) is 5.69 Å². The van der Waals surface area contributed by atoms with Crippen LogP contribution < -0.4 is 9.91 Å². The monoisotopic (exact) mass is 392 g/mol. The second-order valence-electron chi connectivity index (χ2n) is 7.37. The van der Waals surface area contributed by atoms with E-state index >= 15 is 0 Å².